The van der Waals surface area contributed by atoms with Gasteiger partial charge in [0.25, 0.3) is 0 Å². The lowest BCUT2D eigenvalue weighted by Gasteiger charge is -2.15. The first-order valence-electron chi connectivity index (χ1n) is 8.54. The molecule has 0 amide bonds. The van der Waals surface area contributed by atoms with Crippen LogP contribution in [0.4, 0.5) is 0 Å². The van der Waals surface area contributed by atoms with E-state index in [4.69, 9.17) is 10.7 Å². The Bertz CT molecular complexity index is 968. The summed E-state index contributed by atoms with van der Waals surface area (Å²) in [5.74, 6) is 1.75. The van der Waals surface area contributed by atoms with Crippen molar-refractivity contribution in [3.63, 3.8) is 0 Å². The lowest BCUT2D eigenvalue weighted by atomic mass is 9.94. The van der Waals surface area contributed by atoms with Gasteiger partial charge >= 0.3 is 0 Å². The zero-order valence-electron chi connectivity index (χ0n) is 14.5. The second-order valence-corrected chi connectivity index (χ2v) is 6.34. The topological polar surface area (TPSA) is 69.1 Å². The van der Waals surface area contributed by atoms with Crippen molar-refractivity contribution < 1.29 is 0 Å². The zero-order valence-corrected chi connectivity index (χ0v) is 14.5. The highest BCUT2D eigenvalue weighted by molar-refractivity contribution is 6.16. The van der Waals surface area contributed by atoms with Gasteiger partial charge in [0.2, 0.25) is 0 Å². The Kier molecular flexibility index (Phi) is 3.93. The molecule has 5 nitrogen and oxygen atoms in total. The van der Waals surface area contributed by atoms with Crippen molar-refractivity contribution in [1.82, 2.24) is 14.8 Å². The molecular formula is C20H21N5. The molecule has 2 aromatic carbocycles. The second-order valence-electron chi connectivity index (χ2n) is 6.34. The zero-order chi connectivity index (χ0) is 17.4. The third-order valence-corrected chi connectivity index (χ3v) is 4.80. The standard InChI is InChI=1S/C20H21N5/c1-13-6-5-8-15(14(13)2)20-16-7-3-4-9-17(16)25-18(10-11-21)23-24-19(25)12-22-20/h3-9H,10-12,21H2,1-2H3. The fourth-order valence-electron chi connectivity index (χ4n) is 3.37. The molecule has 0 aliphatic carbocycles. The van der Waals surface area contributed by atoms with Crippen LogP contribution in [-0.4, -0.2) is 27.0 Å². The first-order valence-corrected chi connectivity index (χ1v) is 8.54. The maximum absolute atomic E-state index is 5.76. The van der Waals surface area contributed by atoms with Gasteiger partial charge in [-0.25, -0.2) is 0 Å². The number of para-hydroxylation sites is 1. The third-order valence-electron chi connectivity index (χ3n) is 4.80. The number of benzene rings is 2. The molecule has 0 saturated heterocycles. The van der Waals surface area contributed by atoms with Gasteiger partial charge in [-0.2, -0.15) is 0 Å². The Hall–Kier alpha value is -2.79. The summed E-state index contributed by atoms with van der Waals surface area (Å²) in [5.41, 5.74) is 12.7. The number of nitrogens with zero attached hydrogens (tertiary/aromatic N) is 4. The molecule has 2 N–H and O–H groups in total. The molecule has 0 saturated carbocycles. The Balaban J connectivity index is 1.95. The van der Waals surface area contributed by atoms with Crippen molar-refractivity contribution in [2.45, 2.75) is 26.8 Å². The smallest absolute Gasteiger partial charge is 0.159 e. The predicted molar refractivity (Wildman–Crippen MR) is 99.4 cm³/mol. The molecule has 126 valence electrons. The summed E-state index contributed by atoms with van der Waals surface area (Å²) in [5, 5.41) is 8.67. The Morgan fingerprint density at radius 3 is 2.64 bits per heavy atom. The second kappa shape index (κ2) is 6.26. The van der Waals surface area contributed by atoms with Crippen LogP contribution in [0.3, 0.4) is 0 Å². The molecule has 0 fully saturated rings. The van der Waals surface area contributed by atoms with Crippen molar-refractivity contribution >= 4 is 5.71 Å². The lowest BCUT2D eigenvalue weighted by molar-refractivity contribution is 0.810. The number of fused-ring (bicyclic) bond motifs is 3. The molecule has 0 bridgehead atoms. The monoisotopic (exact) mass is 331 g/mol. The summed E-state index contributed by atoms with van der Waals surface area (Å²) >= 11 is 0. The highest BCUT2D eigenvalue weighted by Gasteiger charge is 2.23. The normalized spacial score (nSPS) is 13.0. The largest absolute Gasteiger partial charge is 0.330 e. The van der Waals surface area contributed by atoms with Crippen LogP contribution in [0.15, 0.2) is 47.5 Å². The van der Waals surface area contributed by atoms with E-state index in [9.17, 15) is 0 Å². The Morgan fingerprint density at radius 1 is 1.00 bits per heavy atom. The first kappa shape index (κ1) is 15.7. The molecule has 1 aliphatic heterocycles. The van der Waals surface area contributed by atoms with E-state index in [1.165, 1.54) is 16.7 Å². The van der Waals surface area contributed by atoms with E-state index >= 15 is 0 Å². The summed E-state index contributed by atoms with van der Waals surface area (Å²) in [7, 11) is 0. The highest BCUT2D eigenvalue weighted by atomic mass is 15.3. The van der Waals surface area contributed by atoms with E-state index in [-0.39, 0.29) is 0 Å². The van der Waals surface area contributed by atoms with Gasteiger partial charge in [-0.1, -0.05) is 36.4 Å². The predicted octanol–water partition coefficient (Wildman–Crippen LogP) is 2.74. The number of aryl methyl sites for hydroxylation is 1. The van der Waals surface area contributed by atoms with Gasteiger partial charge in [0.05, 0.1) is 11.4 Å². The van der Waals surface area contributed by atoms with Crippen molar-refractivity contribution in [2.24, 2.45) is 10.7 Å². The number of rotatable bonds is 3. The van der Waals surface area contributed by atoms with Crippen molar-refractivity contribution in [3.05, 3.63) is 76.4 Å². The number of hydrogen-bond donors (Lipinski definition) is 1. The van der Waals surface area contributed by atoms with Crippen LogP contribution in [-0.2, 0) is 13.0 Å². The van der Waals surface area contributed by atoms with Crippen molar-refractivity contribution in [2.75, 3.05) is 6.54 Å². The highest BCUT2D eigenvalue weighted by Crippen LogP contribution is 2.27. The molecule has 1 aliphatic rings. The minimum absolute atomic E-state index is 0.509. The molecule has 0 spiro atoms. The molecule has 25 heavy (non-hydrogen) atoms. The minimum atomic E-state index is 0.509. The van der Waals surface area contributed by atoms with Crippen LogP contribution in [0.5, 0.6) is 0 Å². The Morgan fingerprint density at radius 2 is 1.80 bits per heavy atom. The summed E-state index contributed by atoms with van der Waals surface area (Å²) < 4.78 is 2.11. The van der Waals surface area contributed by atoms with Crippen LogP contribution in [0.2, 0.25) is 0 Å². The SMILES string of the molecule is Cc1cccc(C2=NCc3nnc(CCN)n3-c3ccccc32)c1C. The summed E-state index contributed by atoms with van der Waals surface area (Å²) in [6.45, 7) is 5.34. The van der Waals surface area contributed by atoms with E-state index in [1.54, 1.807) is 0 Å². The summed E-state index contributed by atoms with van der Waals surface area (Å²) in [6, 6.07) is 14.7. The molecule has 4 rings (SSSR count). The van der Waals surface area contributed by atoms with Crippen LogP contribution in [0, 0.1) is 13.8 Å². The van der Waals surface area contributed by atoms with Gasteiger partial charge in [0, 0.05) is 17.5 Å². The van der Waals surface area contributed by atoms with E-state index in [0.717, 1.165) is 28.6 Å². The average Bonchev–Trinajstić information content (AvgIpc) is 2.94. The van der Waals surface area contributed by atoms with E-state index in [0.29, 0.717) is 19.5 Å². The molecule has 3 aromatic rings. The molecule has 1 aromatic heterocycles. The quantitative estimate of drug-likeness (QED) is 0.802. The fraction of sp³-hybridized carbons (Fsp3) is 0.250. The van der Waals surface area contributed by atoms with Crippen LogP contribution >= 0.6 is 0 Å². The summed E-state index contributed by atoms with van der Waals surface area (Å²) in [6.07, 6.45) is 0.695. The van der Waals surface area contributed by atoms with E-state index < -0.39 is 0 Å². The van der Waals surface area contributed by atoms with Gasteiger partial charge in [0.1, 0.15) is 12.4 Å². The van der Waals surface area contributed by atoms with Gasteiger partial charge in [0.15, 0.2) is 5.82 Å². The minimum Gasteiger partial charge on any atom is -0.330 e. The van der Waals surface area contributed by atoms with Gasteiger partial charge in [-0.05, 0) is 37.6 Å². The number of hydrogen-bond acceptors (Lipinski definition) is 4. The molecular weight excluding hydrogens is 310 g/mol. The van der Waals surface area contributed by atoms with Crippen LogP contribution < -0.4 is 5.73 Å². The fourth-order valence-corrected chi connectivity index (χ4v) is 3.37. The lowest BCUT2D eigenvalue weighted by Crippen LogP contribution is -2.13. The van der Waals surface area contributed by atoms with E-state index in [1.807, 2.05) is 6.07 Å². The van der Waals surface area contributed by atoms with Crippen LogP contribution in [0.1, 0.15) is 33.9 Å². The number of nitrogens with two attached hydrogens (primary N) is 1. The van der Waals surface area contributed by atoms with Gasteiger partial charge in [-0.15, -0.1) is 10.2 Å². The average molecular weight is 331 g/mol. The first-order chi connectivity index (χ1) is 12.2. The number of aliphatic imine (C=N–C) groups is 1. The molecule has 0 atom stereocenters. The van der Waals surface area contributed by atoms with Crippen molar-refractivity contribution in [1.29, 1.82) is 0 Å². The molecule has 0 unspecified atom stereocenters. The van der Waals surface area contributed by atoms with Gasteiger partial charge < -0.3 is 5.73 Å². The summed E-state index contributed by atoms with van der Waals surface area (Å²) in [4.78, 5) is 4.91. The maximum Gasteiger partial charge on any atom is 0.159 e. The Labute approximate surface area is 147 Å². The molecule has 0 radical (unpaired) electrons. The maximum atomic E-state index is 5.76. The van der Waals surface area contributed by atoms with Gasteiger partial charge in [-0.3, -0.25) is 9.56 Å². The third kappa shape index (κ3) is 2.57. The van der Waals surface area contributed by atoms with Crippen LogP contribution in [0.25, 0.3) is 5.69 Å². The number of aromatic nitrogens is 3. The van der Waals surface area contributed by atoms with E-state index in [2.05, 4.69) is 65.0 Å². The molecule has 5 heteroatoms. The molecule has 2 heterocycles. The van der Waals surface area contributed by atoms with Crippen molar-refractivity contribution in [3.8, 4) is 5.69 Å².